The van der Waals surface area contributed by atoms with Crippen LogP contribution >= 0.6 is 0 Å². The van der Waals surface area contributed by atoms with Crippen LogP contribution in [0.15, 0.2) is 0 Å². The van der Waals surface area contributed by atoms with Gasteiger partial charge in [0.05, 0.1) is 0 Å². The van der Waals surface area contributed by atoms with E-state index in [0.29, 0.717) is 6.61 Å². The van der Waals surface area contributed by atoms with Gasteiger partial charge in [0, 0.05) is 0 Å². The van der Waals surface area contributed by atoms with E-state index in [9.17, 15) is 0 Å². The maximum absolute atomic E-state index is 4.93. The highest BCUT2D eigenvalue weighted by atomic mass is 17.6. The van der Waals surface area contributed by atoms with Crippen molar-refractivity contribution in [1.29, 1.82) is 0 Å². The Kier molecular flexibility index (Phi) is 2.77. The molecule has 0 radical (unpaired) electrons. The monoisotopic (exact) mass is 192 g/mol. The van der Waals surface area contributed by atoms with Crippen molar-refractivity contribution >= 4 is 0 Å². The molecule has 2 aliphatic rings. The lowest BCUT2D eigenvalue weighted by Crippen LogP contribution is -2.39. The molecular weight excluding hydrogens is 180 g/mol. The summed E-state index contributed by atoms with van der Waals surface area (Å²) in [5.74, 6) is 0.275. The SMILES string of the molecule is CC(C)C1OOOC1C1COOO1. The third-order valence-corrected chi connectivity index (χ3v) is 2.09. The zero-order valence-electron chi connectivity index (χ0n) is 7.47. The Bertz CT molecular complexity index is 166. The van der Waals surface area contributed by atoms with E-state index < -0.39 is 0 Å². The van der Waals surface area contributed by atoms with Gasteiger partial charge < -0.3 is 0 Å². The van der Waals surface area contributed by atoms with Crippen LogP contribution in [-0.2, 0) is 29.6 Å². The van der Waals surface area contributed by atoms with Crippen LogP contribution in [-0.4, -0.2) is 24.9 Å². The van der Waals surface area contributed by atoms with E-state index in [1.165, 1.54) is 0 Å². The van der Waals surface area contributed by atoms with Crippen molar-refractivity contribution in [3.8, 4) is 0 Å². The zero-order valence-corrected chi connectivity index (χ0v) is 7.47. The highest BCUT2D eigenvalue weighted by Crippen LogP contribution is 2.27. The summed E-state index contributed by atoms with van der Waals surface area (Å²) in [7, 11) is 0. The molecule has 3 unspecified atom stereocenters. The van der Waals surface area contributed by atoms with Gasteiger partial charge in [-0.1, -0.05) is 23.9 Å². The van der Waals surface area contributed by atoms with Crippen molar-refractivity contribution in [1.82, 2.24) is 0 Å². The number of rotatable bonds is 2. The number of hydrogen-bond acceptors (Lipinski definition) is 6. The van der Waals surface area contributed by atoms with Crippen LogP contribution in [0.4, 0.5) is 0 Å². The minimum absolute atomic E-state index is 0.157. The predicted molar refractivity (Wildman–Crippen MR) is 37.6 cm³/mol. The fraction of sp³-hybridized carbons (Fsp3) is 1.00. The summed E-state index contributed by atoms with van der Waals surface area (Å²) in [5.41, 5.74) is 0. The molecule has 2 rings (SSSR count). The van der Waals surface area contributed by atoms with E-state index in [0.717, 1.165) is 0 Å². The van der Waals surface area contributed by atoms with Crippen molar-refractivity contribution in [3.63, 3.8) is 0 Å². The summed E-state index contributed by atoms with van der Waals surface area (Å²) in [6.07, 6.45) is -0.757. The molecule has 6 nitrogen and oxygen atoms in total. The molecule has 0 spiro atoms. The molecule has 0 aromatic carbocycles. The first-order valence-corrected chi connectivity index (χ1v) is 4.23. The van der Waals surface area contributed by atoms with Gasteiger partial charge in [-0.15, -0.1) is 0 Å². The average molecular weight is 192 g/mol. The molecule has 0 N–H and O–H groups in total. The molecule has 3 atom stereocenters. The van der Waals surface area contributed by atoms with E-state index in [1.807, 2.05) is 13.8 Å². The maximum atomic E-state index is 4.93. The molecule has 0 aromatic rings. The van der Waals surface area contributed by atoms with E-state index in [2.05, 4.69) is 15.0 Å². The smallest absolute Gasteiger partial charge is 0.157 e. The minimum atomic E-state index is -0.303. The van der Waals surface area contributed by atoms with Gasteiger partial charge >= 0.3 is 0 Å². The maximum Gasteiger partial charge on any atom is 0.157 e. The van der Waals surface area contributed by atoms with Crippen LogP contribution in [0.3, 0.4) is 0 Å². The molecule has 76 valence electrons. The largest absolute Gasteiger partial charge is 0.203 e. The third kappa shape index (κ3) is 1.83. The molecule has 0 bridgehead atoms. The molecule has 6 heteroatoms. The molecule has 2 heterocycles. The second kappa shape index (κ2) is 3.87. The van der Waals surface area contributed by atoms with Crippen LogP contribution in [0.1, 0.15) is 13.8 Å². The van der Waals surface area contributed by atoms with Gasteiger partial charge in [0.15, 0.2) is 12.2 Å². The first kappa shape index (κ1) is 9.32. The lowest BCUT2D eigenvalue weighted by atomic mass is 9.98. The van der Waals surface area contributed by atoms with Crippen LogP contribution in [0.5, 0.6) is 0 Å². The predicted octanol–water partition coefficient (Wildman–Crippen LogP) is 0.535. The summed E-state index contributed by atoms with van der Waals surface area (Å²) in [4.78, 5) is 19.2. The lowest BCUT2D eigenvalue weighted by Gasteiger charge is -2.18. The first-order valence-electron chi connectivity index (χ1n) is 4.23. The van der Waals surface area contributed by atoms with Gasteiger partial charge in [-0.05, 0) is 5.92 Å². The Morgan fingerprint density at radius 3 is 2.54 bits per heavy atom. The van der Waals surface area contributed by atoms with Crippen LogP contribution in [0.25, 0.3) is 0 Å². The number of hydrogen-bond donors (Lipinski definition) is 0. The summed E-state index contributed by atoms with van der Waals surface area (Å²) >= 11 is 0. The summed E-state index contributed by atoms with van der Waals surface area (Å²) in [6, 6.07) is 0. The van der Waals surface area contributed by atoms with Gasteiger partial charge in [-0.25, -0.2) is 4.89 Å². The molecule has 2 saturated heterocycles. The van der Waals surface area contributed by atoms with Gasteiger partial charge in [0.2, 0.25) is 0 Å². The highest BCUT2D eigenvalue weighted by molar-refractivity contribution is 4.81. The molecular formula is C7H12O6. The zero-order chi connectivity index (χ0) is 9.26. The summed E-state index contributed by atoms with van der Waals surface area (Å²) in [6.45, 7) is 4.33. The molecule has 13 heavy (non-hydrogen) atoms. The first-order chi connectivity index (χ1) is 6.29. The molecule has 0 saturated carbocycles. The van der Waals surface area contributed by atoms with Gasteiger partial charge in [-0.2, -0.15) is 14.7 Å². The fourth-order valence-corrected chi connectivity index (χ4v) is 1.34. The second-order valence-corrected chi connectivity index (χ2v) is 3.42. The van der Waals surface area contributed by atoms with Crippen molar-refractivity contribution < 1.29 is 29.6 Å². The van der Waals surface area contributed by atoms with Gasteiger partial charge in [0.1, 0.15) is 12.7 Å². The topological polar surface area (TPSA) is 55.4 Å². The van der Waals surface area contributed by atoms with E-state index in [1.54, 1.807) is 0 Å². The Hall–Kier alpha value is -0.240. The highest BCUT2D eigenvalue weighted by Gasteiger charge is 2.44. The Labute approximate surface area is 75.3 Å². The second-order valence-electron chi connectivity index (χ2n) is 3.42. The molecule has 2 fully saturated rings. The molecule has 0 aliphatic carbocycles. The standard InChI is InChI=1S/C7H12O6/c1-4(2)6-7(11-13-10-6)5-3-8-12-9-5/h4-7H,3H2,1-2H3. The summed E-state index contributed by atoms with van der Waals surface area (Å²) in [5, 5.41) is 8.76. The molecule has 0 aromatic heterocycles. The fourth-order valence-electron chi connectivity index (χ4n) is 1.34. The van der Waals surface area contributed by atoms with Crippen LogP contribution in [0.2, 0.25) is 0 Å². The Morgan fingerprint density at radius 1 is 1.08 bits per heavy atom. The van der Waals surface area contributed by atoms with Crippen LogP contribution < -0.4 is 0 Å². The van der Waals surface area contributed by atoms with Gasteiger partial charge in [-0.3, -0.25) is 0 Å². The average Bonchev–Trinajstić information content (AvgIpc) is 2.74. The third-order valence-electron chi connectivity index (χ3n) is 2.09. The van der Waals surface area contributed by atoms with Crippen molar-refractivity contribution in [2.24, 2.45) is 5.92 Å². The van der Waals surface area contributed by atoms with Crippen molar-refractivity contribution in [2.75, 3.05) is 6.61 Å². The van der Waals surface area contributed by atoms with Crippen molar-refractivity contribution in [2.45, 2.75) is 32.2 Å². The van der Waals surface area contributed by atoms with E-state index >= 15 is 0 Å². The van der Waals surface area contributed by atoms with Crippen molar-refractivity contribution in [3.05, 3.63) is 0 Å². The quantitative estimate of drug-likeness (QED) is 0.595. The summed E-state index contributed by atoms with van der Waals surface area (Å²) < 4.78 is 0. The Balaban J connectivity index is 1.96. The minimum Gasteiger partial charge on any atom is -0.203 e. The Morgan fingerprint density at radius 2 is 1.92 bits per heavy atom. The molecule has 2 aliphatic heterocycles. The van der Waals surface area contributed by atoms with E-state index in [4.69, 9.17) is 14.7 Å². The van der Waals surface area contributed by atoms with Crippen LogP contribution in [0, 0.1) is 5.92 Å². The van der Waals surface area contributed by atoms with E-state index in [-0.39, 0.29) is 24.2 Å². The normalized spacial score (nSPS) is 40.4. The lowest BCUT2D eigenvalue weighted by molar-refractivity contribution is -0.482. The van der Waals surface area contributed by atoms with Gasteiger partial charge in [0.25, 0.3) is 0 Å². The molecule has 0 amide bonds.